The van der Waals surface area contributed by atoms with E-state index in [1.807, 2.05) is 0 Å². The molecule has 0 aromatic rings. The van der Waals surface area contributed by atoms with Crippen molar-refractivity contribution in [2.45, 2.75) is 78.3 Å². The second-order valence-electron chi connectivity index (χ2n) is 9.42. The van der Waals surface area contributed by atoms with E-state index < -0.39 is 33.8 Å². The lowest BCUT2D eigenvalue weighted by molar-refractivity contribution is 0.176. The minimum Gasteiger partial charge on any atom is -0.417 e. The molecule has 0 aliphatic rings. The summed E-state index contributed by atoms with van der Waals surface area (Å²) in [5.41, 5.74) is 0. The standard InChI is InChI=1S/C15H40O4Si4/c1-15(12-13-16-2)14-23(17-20(3,4)5,18-21(6,7)8)19-22(9,10)11/h15H,12-14H2,1-11H3. The zero-order valence-electron chi connectivity index (χ0n) is 17.3. The Morgan fingerprint density at radius 3 is 1.30 bits per heavy atom. The van der Waals surface area contributed by atoms with Crippen LogP contribution in [0.2, 0.25) is 65.0 Å². The van der Waals surface area contributed by atoms with Crippen LogP contribution < -0.4 is 0 Å². The van der Waals surface area contributed by atoms with Gasteiger partial charge in [0, 0.05) is 19.8 Å². The van der Waals surface area contributed by atoms with Gasteiger partial charge in [0.05, 0.1) is 0 Å². The largest absolute Gasteiger partial charge is 0.469 e. The van der Waals surface area contributed by atoms with Crippen molar-refractivity contribution in [3.05, 3.63) is 0 Å². The summed E-state index contributed by atoms with van der Waals surface area (Å²) in [5.74, 6) is 0.477. The summed E-state index contributed by atoms with van der Waals surface area (Å²) < 4.78 is 25.3. The average Bonchev–Trinajstić information content (AvgIpc) is 2.17. The summed E-state index contributed by atoms with van der Waals surface area (Å²) in [6.07, 6.45) is 1.02. The van der Waals surface area contributed by atoms with Gasteiger partial charge in [0.25, 0.3) is 0 Å². The Bertz CT molecular complexity index is 304. The summed E-state index contributed by atoms with van der Waals surface area (Å²) in [5, 5.41) is 0. The third kappa shape index (κ3) is 12.7. The summed E-state index contributed by atoms with van der Waals surface area (Å²) in [7, 11) is -6.22. The molecule has 0 saturated heterocycles. The van der Waals surface area contributed by atoms with E-state index in [2.05, 4.69) is 65.8 Å². The fourth-order valence-electron chi connectivity index (χ4n) is 2.43. The van der Waals surface area contributed by atoms with Gasteiger partial charge in [-0.15, -0.1) is 0 Å². The molecule has 23 heavy (non-hydrogen) atoms. The molecule has 140 valence electrons. The Morgan fingerprint density at radius 2 is 1.04 bits per heavy atom. The number of rotatable bonds is 11. The van der Waals surface area contributed by atoms with Gasteiger partial charge in [0.2, 0.25) is 0 Å². The maximum atomic E-state index is 6.69. The summed E-state index contributed by atoms with van der Waals surface area (Å²) in [4.78, 5) is 0. The molecule has 0 amide bonds. The fourth-order valence-corrected chi connectivity index (χ4v) is 17.3. The van der Waals surface area contributed by atoms with E-state index in [9.17, 15) is 0 Å². The second-order valence-corrected chi connectivity index (χ2v) is 26.3. The quantitative estimate of drug-likeness (QED) is 0.452. The SMILES string of the molecule is COCCC(C)C[Si](O[Si](C)(C)C)(O[Si](C)(C)C)O[Si](C)(C)C. The molecule has 0 aromatic heterocycles. The minimum absolute atomic E-state index is 0.477. The van der Waals surface area contributed by atoms with Crippen molar-refractivity contribution in [3.8, 4) is 0 Å². The highest BCUT2D eigenvalue weighted by atomic mass is 28.5. The minimum atomic E-state index is -2.69. The summed E-state index contributed by atoms with van der Waals surface area (Å²) >= 11 is 0. The Balaban J connectivity index is 5.53. The van der Waals surface area contributed by atoms with Crippen LogP contribution in [-0.2, 0) is 17.1 Å². The maximum Gasteiger partial charge on any atom is 0.469 e. The van der Waals surface area contributed by atoms with Gasteiger partial charge in [0.1, 0.15) is 0 Å². The van der Waals surface area contributed by atoms with Crippen molar-refractivity contribution in [1.29, 1.82) is 0 Å². The van der Waals surface area contributed by atoms with Crippen LogP contribution >= 0.6 is 0 Å². The Morgan fingerprint density at radius 1 is 0.696 bits per heavy atom. The molecule has 0 spiro atoms. The zero-order valence-corrected chi connectivity index (χ0v) is 21.3. The van der Waals surface area contributed by atoms with Gasteiger partial charge in [-0.3, -0.25) is 0 Å². The molecule has 0 aliphatic carbocycles. The molecule has 0 N–H and O–H groups in total. The summed E-state index contributed by atoms with van der Waals surface area (Å²) in [6, 6.07) is 0.898. The van der Waals surface area contributed by atoms with Crippen LogP contribution in [0.25, 0.3) is 0 Å². The lowest BCUT2D eigenvalue weighted by Crippen LogP contribution is -2.61. The van der Waals surface area contributed by atoms with Crippen LogP contribution in [0.3, 0.4) is 0 Å². The first kappa shape index (κ1) is 23.7. The zero-order chi connectivity index (χ0) is 18.5. The molecule has 0 aromatic carbocycles. The van der Waals surface area contributed by atoms with E-state index in [1.165, 1.54) is 0 Å². The van der Waals surface area contributed by atoms with Gasteiger partial charge in [0.15, 0.2) is 25.0 Å². The second kappa shape index (κ2) is 8.88. The van der Waals surface area contributed by atoms with E-state index in [0.29, 0.717) is 5.92 Å². The highest BCUT2D eigenvalue weighted by molar-refractivity contribution is 6.90. The van der Waals surface area contributed by atoms with Crippen LogP contribution in [0.1, 0.15) is 13.3 Å². The molecule has 8 heteroatoms. The monoisotopic (exact) mass is 396 g/mol. The van der Waals surface area contributed by atoms with E-state index in [4.69, 9.17) is 17.1 Å². The van der Waals surface area contributed by atoms with E-state index in [0.717, 1.165) is 19.1 Å². The molecular formula is C15H40O4Si4. The first-order valence-electron chi connectivity index (χ1n) is 8.67. The van der Waals surface area contributed by atoms with Crippen molar-refractivity contribution in [3.63, 3.8) is 0 Å². The number of hydrogen-bond acceptors (Lipinski definition) is 4. The molecule has 0 bridgehead atoms. The average molecular weight is 397 g/mol. The number of ether oxygens (including phenoxy) is 1. The molecule has 0 aliphatic heterocycles. The van der Waals surface area contributed by atoms with Crippen LogP contribution in [0.5, 0.6) is 0 Å². The predicted octanol–water partition coefficient (Wildman–Crippen LogP) is 5.15. The van der Waals surface area contributed by atoms with Crippen LogP contribution in [-0.4, -0.2) is 47.5 Å². The molecule has 0 heterocycles. The summed E-state index contributed by atoms with van der Waals surface area (Å²) in [6.45, 7) is 23.1. The lowest BCUT2D eigenvalue weighted by atomic mass is 10.1. The number of hydrogen-bond donors (Lipinski definition) is 0. The first-order valence-corrected chi connectivity index (χ1v) is 20.8. The van der Waals surface area contributed by atoms with E-state index in [-0.39, 0.29) is 0 Å². The van der Waals surface area contributed by atoms with E-state index >= 15 is 0 Å². The van der Waals surface area contributed by atoms with Gasteiger partial charge in [-0.2, -0.15) is 0 Å². The Labute approximate surface area is 149 Å². The Hall–Kier alpha value is 0.708. The molecule has 1 atom stereocenters. The lowest BCUT2D eigenvalue weighted by Gasteiger charge is -2.43. The highest BCUT2D eigenvalue weighted by Gasteiger charge is 2.50. The molecule has 0 saturated carbocycles. The topological polar surface area (TPSA) is 36.9 Å². The van der Waals surface area contributed by atoms with Crippen molar-refractivity contribution in [2.75, 3.05) is 13.7 Å². The van der Waals surface area contributed by atoms with Crippen LogP contribution in [0, 0.1) is 5.92 Å². The first-order chi connectivity index (χ1) is 10.1. The van der Waals surface area contributed by atoms with Gasteiger partial charge < -0.3 is 17.1 Å². The number of methoxy groups -OCH3 is 1. The molecule has 0 fully saturated rings. The Kier molecular flexibility index (Phi) is 9.16. The third-order valence-electron chi connectivity index (χ3n) is 2.80. The fraction of sp³-hybridized carbons (Fsp3) is 1.00. The molecule has 0 radical (unpaired) electrons. The smallest absolute Gasteiger partial charge is 0.417 e. The molecule has 0 rings (SSSR count). The molecule has 4 nitrogen and oxygen atoms in total. The van der Waals surface area contributed by atoms with Gasteiger partial charge in [-0.05, 0) is 71.3 Å². The van der Waals surface area contributed by atoms with Gasteiger partial charge >= 0.3 is 8.80 Å². The molecular weight excluding hydrogens is 357 g/mol. The van der Waals surface area contributed by atoms with Gasteiger partial charge in [-0.1, -0.05) is 6.92 Å². The highest BCUT2D eigenvalue weighted by Crippen LogP contribution is 2.32. The van der Waals surface area contributed by atoms with Crippen molar-refractivity contribution < 1.29 is 17.1 Å². The predicted molar refractivity (Wildman–Crippen MR) is 110 cm³/mol. The van der Waals surface area contributed by atoms with Crippen molar-refractivity contribution in [1.82, 2.24) is 0 Å². The molecule has 1 unspecified atom stereocenters. The van der Waals surface area contributed by atoms with Crippen molar-refractivity contribution in [2.24, 2.45) is 5.92 Å². The third-order valence-corrected chi connectivity index (χ3v) is 15.1. The van der Waals surface area contributed by atoms with Crippen LogP contribution in [0.15, 0.2) is 0 Å². The normalized spacial score (nSPS) is 15.8. The van der Waals surface area contributed by atoms with Gasteiger partial charge in [-0.25, -0.2) is 0 Å². The van der Waals surface area contributed by atoms with Crippen molar-refractivity contribution >= 4 is 33.8 Å². The van der Waals surface area contributed by atoms with E-state index in [1.54, 1.807) is 7.11 Å². The maximum absolute atomic E-state index is 6.69. The van der Waals surface area contributed by atoms with Crippen LogP contribution in [0.4, 0.5) is 0 Å².